The number of carbonyl (C=O) groups excluding carboxylic acids is 1. The minimum absolute atomic E-state index is 0.200. The molecule has 1 aliphatic carbocycles. The van der Waals surface area contributed by atoms with Crippen LogP contribution in [-0.4, -0.2) is 20.0 Å². The zero-order valence-electron chi connectivity index (χ0n) is 11.9. The first-order valence-electron chi connectivity index (χ1n) is 6.47. The molecule has 0 radical (unpaired) electrons. The van der Waals surface area contributed by atoms with Gasteiger partial charge in [-0.1, -0.05) is 26.0 Å². The molecule has 19 heavy (non-hydrogen) atoms. The lowest BCUT2D eigenvalue weighted by Crippen LogP contribution is -2.27. The number of ether oxygens (including phenoxy) is 2. The summed E-state index contributed by atoms with van der Waals surface area (Å²) in [5, 5.41) is 0. The Labute approximate surface area is 114 Å². The van der Waals surface area contributed by atoms with Crippen molar-refractivity contribution in [2.75, 3.05) is 14.2 Å². The molecule has 0 fully saturated rings. The van der Waals surface area contributed by atoms with Crippen molar-refractivity contribution in [3.63, 3.8) is 0 Å². The maximum absolute atomic E-state index is 12.5. The summed E-state index contributed by atoms with van der Waals surface area (Å²) in [5.74, 6) is 1.53. The maximum atomic E-state index is 12.5. The summed E-state index contributed by atoms with van der Waals surface area (Å²) in [7, 11) is 3.20. The second-order valence-electron chi connectivity index (χ2n) is 5.44. The molecule has 3 nitrogen and oxygen atoms in total. The van der Waals surface area contributed by atoms with Crippen LogP contribution in [0.5, 0.6) is 11.5 Å². The third-order valence-corrected chi connectivity index (χ3v) is 3.67. The summed E-state index contributed by atoms with van der Waals surface area (Å²) in [5.41, 5.74) is 1.41. The van der Waals surface area contributed by atoms with Gasteiger partial charge in [-0.3, -0.25) is 4.79 Å². The minimum atomic E-state index is -0.281. The predicted molar refractivity (Wildman–Crippen MR) is 75.5 cm³/mol. The van der Waals surface area contributed by atoms with Gasteiger partial charge in [0.2, 0.25) is 0 Å². The first-order valence-corrected chi connectivity index (χ1v) is 6.47. The fraction of sp³-hybridized carbons (Fsp3) is 0.438. The minimum Gasteiger partial charge on any atom is -0.493 e. The molecule has 0 atom stereocenters. The van der Waals surface area contributed by atoms with Crippen molar-refractivity contribution in [3.05, 3.63) is 29.8 Å². The van der Waals surface area contributed by atoms with E-state index in [0.29, 0.717) is 11.5 Å². The maximum Gasteiger partial charge on any atom is 0.168 e. The lowest BCUT2D eigenvalue weighted by Gasteiger charge is -2.28. The molecule has 0 aliphatic heterocycles. The zero-order valence-corrected chi connectivity index (χ0v) is 11.9. The Balaban J connectivity index is 2.42. The number of rotatable bonds is 3. The fourth-order valence-corrected chi connectivity index (χ4v) is 2.40. The molecule has 0 amide bonds. The molecule has 0 spiro atoms. The van der Waals surface area contributed by atoms with Gasteiger partial charge >= 0.3 is 0 Å². The van der Waals surface area contributed by atoms with Crippen LogP contribution in [0.15, 0.2) is 24.3 Å². The van der Waals surface area contributed by atoms with Crippen molar-refractivity contribution in [2.24, 2.45) is 5.41 Å². The van der Waals surface area contributed by atoms with E-state index in [1.54, 1.807) is 14.2 Å². The van der Waals surface area contributed by atoms with Crippen LogP contribution in [0.2, 0.25) is 0 Å². The summed E-state index contributed by atoms with van der Waals surface area (Å²) in [4.78, 5) is 12.5. The van der Waals surface area contributed by atoms with Crippen molar-refractivity contribution in [2.45, 2.75) is 26.7 Å². The Kier molecular flexibility index (Phi) is 3.65. The summed E-state index contributed by atoms with van der Waals surface area (Å²) < 4.78 is 10.5. The Morgan fingerprint density at radius 2 is 1.79 bits per heavy atom. The number of methoxy groups -OCH3 is 2. The number of carbonyl (C=O) groups is 1. The zero-order chi connectivity index (χ0) is 14.0. The molecule has 0 bridgehead atoms. The van der Waals surface area contributed by atoms with Gasteiger partial charge in [-0.05, 0) is 30.5 Å². The first-order chi connectivity index (χ1) is 8.99. The van der Waals surface area contributed by atoms with Crippen LogP contribution in [0, 0.1) is 5.41 Å². The standard InChI is InChI=1S/C16H20O3/c1-16(2)9-5-6-12(15(16)17)11-7-8-13(18-3)14(10-11)19-4/h6-8,10H,5,9H2,1-4H3. The Morgan fingerprint density at radius 3 is 2.42 bits per heavy atom. The monoisotopic (exact) mass is 260 g/mol. The number of Topliss-reactive ketones (excluding diaryl/α,β-unsaturated/α-hetero) is 1. The normalized spacial score (nSPS) is 17.9. The highest BCUT2D eigenvalue weighted by atomic mass is 16.5. The molecular weight excluding hydrogens is 240 g/mol. The quantitative estimate of drug-likeness (QED) is 0.834. The van der Waals surface area contributed by atoms with E-state index in [2.05, 4.69) is 0 Å². The molecule has 0 aromatic heterocycles. The highest BCUT2D eigenvalue weighted by Crippen LogP contribution is 2.38. The van der Waals surface area contributed by atoms with Gasteiger partial charge in [0, 0.05) is 11.0 Å². The van der Waals surface area contributed by atoms with E-state index in [0.717, 1.165) is 24.0 Å². The molecule has 0 saturated carbocycles. The Morgan fingerprint density at radius 1 is 1.11 bits per heavy atom. The third-order valence-electron chi connectivity index (χ3n) is 3.67. The van der Waals surface area contributed by atoms with E-state index < -0.39 is 0 Å². The molecule has 1 aliphatic rings. The van der Waals surface area contributed by atoms with Gasteiger partial charge in [0.15, 0.2) is 17.3 Å². The number of hydrogen-bond donors (Lipinski definition) is 0. The molecule has 2 rings (SSSR count). The largest absolute Gasteiger partial charge is 0.493 e. The molecule has 1 aromatic carbocycles. The molecule has 0 unspecified atom stereocenters. The van der Waals surface area contributed by atoms with Crippen LogP contribution >= 0.6 is 0 Å². The van der Waals surface area contributed by atoms with Crippen LogP contribution in [0.1, 0.15) is 32.3 Å². The Hall–Kier alpha value is -1.77. The van der Waals surface area contributed by atoms with Crippen molar-refractivity contribution in [1.29, 1.82) is 0 Å². The van der Waals surface area contributed by atoms with Gasteiger partial charge in [-0.2, -0.15) is 0 Å². The van der Waals surface area contributed by atoms with Gasteiger partial charge < -0.3 is 9.47 Å². The molecule has 1 aromatic rings. The van der Waals surface area contributed by atoms with Crippen LogP contribution < -0.4 is 9.47 Å². The average molecular weight is 260 g/mol. The van der Waals surface area contributed by atoms with E-state index in [1.165, 1.54) is 0 Å². The van der Waals surface area contributed by atoms with Gasteiger partial charge in [0.25, 0.3) is 0 Å². The summed E-state index contributed by atoms with van der Waals surface area (Å²) in [6, 6.07) is 5.61. The van der Waals surface area contributed by atoms with E-state index in [4.69, 9.17) is 9.47 Å². The average Bonchev–Trinajstić information content (AvgIpc) is 2.41. The SMILES string of the molecule is COc1ccc(C2=CCCC(C)(C)C2=O)cc1OC. The van der Waals surface area contributed by atoms with E-state index in [-0.39, 0.29) is 11.2 Å². The molecule has 102 valence electrons. The number of allylic oxidation sites excluding steroid dienone is 2. The summed E-state index contributed by atoms with van der Waals surface area (Å²) in [6.07, 6.45) is 3.86. The van der Waals surface area contributed by atoms with Crippen molar-refractivity contribution >= 4 is 11.4 Å². The van der Waals surface area contributed by atoms with Crippen molar-refractivity contribution in [3.8, 4) is 11.5 Å². The topological polar surface area (TPSA) is 35.5 Å². The van der Waals surface area contributed by atoms with E-state index >= 15 is 0 Å². The van der Waals surface area contributed by atoms with Crippen LogP contribution in [0.4, 0.5) is 0 Å². The summed E-state index contributed by atoms with van der Waals surface area (Å²) in [6.45, 7) is 4.01. The Bertz CT molecular complexity index is 527. The van der Waals surface area contributed by atoms with Gasteiger partial charge in [0.05, 0.1) is 14.2 Å². The second kappa shape index (κ2) is 5.08. The molecule has 0 heterocycles. The highest BCUT2D eigenvalue weighted by Gasteiger charge is 2.33. The third kappa shape index (κ3) is 2.50. The van der Waals surface area contributed by atoms with E-state index in [1.807, 2.05) is 38.1 Å². The van der Waals surface area contributed by atoms with Crippen LogP contribution in [-0.2, 0) is 4.79 Å². The smallest absolute Gasteiger partial charge is 0.168 e. The number of ketones is 1. The van der Waals surface area contributed by atoms with Gasteiger partial charge in [-0.15, -0.1) is 0 Å². The van der Waals surface area contributed by atoms with Gasteiger partial charge in [0.1, 0.15) is 0 Å². The lowest BCUT2D eigenvalue weighted by molar-refractivity contribution is -0.121. The molecule has 0 saturated heterocycles. The summed E-state index contributed by atoms with van der Waals surface area (Å²) >= 11 is 0. The first kappa shape index (κ1) is 13.7. The van der Waals surface area contributed by atoms with Crippen LogP contribution in [0.3, 0.4) is 0 Å². The van der Waals surface area contributed by atoms with Crippen LogP contribution in [0.25, 0.3) is 5.57 Å². The highest BCUT2D eigenvalue weighted by molar-refractivity contribution is 6.23. The van der Waals surface area contributed by atoms with E-state index in [9.17, 15) is 4.79 Å². The van der Waals surface area contributed by atoms with Crippen molar-refractivity contribution < 1.29 is 14.3 Å². The number of benzene rings is 1. The second-order valence-corrected chi connectivity index (χ2v) is 5.44. The molecule has 3 heteroatoms. The fourth-order valence-electron chi connectivity index (χ4n) is 2.40. The predicted octanol–water partition coefficient (Wildman–Crippen LogP) is 3.48. The van der Waals surface area contributed by atoms with Gasteiger partial charge in [-0.25, -0.2) is 0 Å². The molecular formula is C16H20O3. The molecule has 0 N–H and O–H groups in total. The van der Waals surface area contributed by atoms with Crippen molar-refractivity contribution in [1.82, 2.24) is 0 Å². The number of hydrogen-bond acceptors (Lipinski definition) is 3. The lowest BCUT2D eigenvalue weighted by atomic mass is 9.74.